The summed E-state index contributed by atoms with van der Waals surface area (Å²) in [6, 6.07) is 12.4. The normalized spacial score (nSPS) is 19.8. The summed E-state index contributed by atoms with van der Waals surface area (Å²) in [5.74, 6) is 0.634. The van der Waals surface area contributed by atoms with E-state index < -0.39 is 5.41 Å². The summed E-state index contributed by atoms with van der Waals surface area (Å²) in [5.41, 5.74) is 4.82. The van der Waals surface area contributed by atoms with E-state index in [9.17, 15) is 4.79 Å². The molecule has 1 heterocycles. The predicted octanol–water partition coefficient (Wildman–Crippen LogP) is 6.21. The molecule has 0 saturated heterocycles. The maximum atomic E-state index is 13.4. The zero-order chi connectivity index (χ0) is 20.2. The van der Waals surface area contributed by atoms with Gasteiger partial charge in [-0.25, -0.2) is 0 Å². The Kier molecular flexibility index (Phi) is 4.53. The van der Waals surface area contributed by atoms with Gasteiger partial charge in [-0.1, -0.05) is 84.9 Å². The number of benzene rings is 2. The molecule has 3 rings (SSSR count). The lowest BCUT2D eigenvalue weighted by atomic mass is 9.67. The van der Waals surface area contributed by atoms with Crippen LogP contribution in [-0.4, -0.2) is 5.97 Å². The third kappa shape index (κ3) is 2.90. The number of hydrogen-bond acceptors (Lipinski definition) is 2. The van der Waals surface area contributed by atoms with Crippen molar-refractivity contribution in [1.29, 1.82) is 0 Å². The summed E-state index contributed by atoms with van der Waals surface area (Å²) in [4.78, 5) is 13.4. The van der Waals surface area contributed by atoms with Gasteiger partial charge in [-0.2, -0.15) is 0 Å². The molecule has 0 spiro atoms. The van der Waals surface area contributed by atoms with Crippen molar-refractivity contribution in [2.75, 3.05) is 0 Å². The summed E-state index contributed by atoms with van der Waals surface area (Å²) in [6.45, 7) is 17.5. The minimum absolute atomic E-state index is 0.0130. The Balaban J connectivity index is 2.47. The highest BCUT2D eigenvalue weighted by Gasteiger charge is 2.52. The van der Waals surface area contributed by atoms with Gasteiger partial charge in [0.15, 0.2) is 0 Å². The lowest BCUT2D eigenvalue weighted by Gasteiger charge is -2.32. The van der Waals surface area contributed by atoms with Crippen LogP contribution >= 0.6 is 0 Å². The Morgan fingerprint density at radius 1 is 0.926 bits per heavy atom. The molecule has 2 heteroatoms. The first kappa shape index (κ1) is 19.7. The van der Waals surface area contributed by atoms with E-state index in [0.717, 1.165) is 22.4 Å². The number of hydrogen-bond donors (Lipinski definition) is 0. The standard InChI is InChI=1S/C25H32O2/c1-9-25(17-13-11-10-12-14-17)20-16(2)18(23(3,4)5)15-19(24(6,7)8)21(20)27-22(25)26/h10-15H,9H2,1-8H3. The number of esters is 1. The lowest BCUT2D eigenvalue weighted by molar-refractivity contribution is -0.137. The van der Waals surface area contributed by atoms with Crippen molar-refractivity contribution >= 4 is 5.97 Å². The minimum atomic E-state index is -0.734. The van der Waals surface area contributed by atoms with Gasteiger partial charge in [-0.05, 0) is 40.9 Å². The molecule has 27 heavy (non-hydrogen) atoms. The Morgan fingerprint density at radius 2 is 1.48 bits per heavy atom. The predicted molar refractivity (Wildman–Crippen MR) is 112 cm³/mol. The maximum Gasteiger partial charge on any atom is 0.326 e. The van der Waals surface area contributed by atoms with Crippen molar-refractivity contribution in [3.8, 4) is 5.75 Å². The highest BCUT2D eigenvalue weighted by molar-refractivity contribution is 5.96. The molecule has 0 fully saturated rings. The first-order chi connectivity index (χ1) is 12.4. The van der Waals surface area contributed by atoms with Gasteiger partial charge >= 0.3 is 5.97 Å². The molecule has 0 bridgehead atoms. The van der Waals surface area contributed by atoms with Crippen LogP contribution in [0, 0.1) is 6.92 Å². The molecule has 0 saturated carbocycles. The van der Waals surface area contributed by atoms with Crippen molar-refractivity contribution in [2.45, 2.75) is 78.1 Å². The summed E-state index contributed by atoms with van der Waals surface area (Å²) >= 11 is 0. The summed E-state index contributed by atoms with van der Waals surface area (Å²) in [6.07, 6.45) is 0.681. The zero-order valence-electron chi connectivity index (χ0n) is 18.0. The van der Waals surface area contributed by atoms with Crippen molar-refractivity contribution in [3.05, 3.63) is 64.2 Å². The van der Waals surface area contributed by atoms with Crippen LogP contribution in [0.1, 0.15) is 82.7 Å². The monoisotopic (exact) mass is 364 g/mol. The maximum absolute atomic E-state index is 13.4. The molecule has 2 aromatic carbocycles. The first-order valence-electron chi connectivity index (χ1n) is 9.91. The van der Waals surface area contributed by atoms with Crippen LogP contribution in [0.25, 0.3) is 0 Å². The molecule has 2 aromatic rings. The van der Waals surface area contributed by atoms with E-state index in [2.05, 4.69) is 73.6 Å². The Labute approximate surface area is 164 Å². The van der Waals surface area contributed by atoms with Gasteiger partial charge < -0.3 is 4.74 Å². The number of ether oxygens (including phenoxy) is 1. The van der Waals surface area contributed by atoms with E-state index in [4.69, 9.17) is 4.74 Å². The van der Waals surface area contributed by atoms with Crippen molar-refractivity contribution < 1.29 is 9.53 Å². The molecule has 0 aromatic heterocycles. The van der Waals surface area contributed by atoms with E-state index in [1.807, 2.05) is 18.2 Å². The molecule has 144 valence electrons. The SMILES string of the molecule is CCC1(c2ccccc2)C(=O)Oc2c(C(C)(C)C)cc(C(C)(C)C)c(C)c21. The molecule has 1 aliphatic heterocycles. The van der Waals surface area contributed by atoms with Crippen LogP contribution < -0.4 is 4.74 Å². The lowest BCUT2D eigenvalue weighted by Crippen LogP contribution is -2.35. The second-order valence-corrected chi connectivity index (χ2v) is 9.82. The fraction of sp³-hybridized carbons (Fsp3) is 0.480. The topological polar surface area (TPSA) is 26.3 Å². The van der Waals surface area contributed by atoms with Gasteiger partial charge in [-0.15, -0.1) is 0 Å². The fourth-order valence-corrected chi connectivity index (χ4v) is 4.51. The quantitative estimate of drug-likeness (QED) is 0.468. The summed E-state index contributed by atoms with van der Waals surface area (Å²) in [7, 11) is 0. The molecular formula is C25H32O2. The van der Waals surface area contributed by atoms with Gasteiger partial charge in [0.05, 0.1) is 0 Å². The van der Waals surface area contributed by atoms with Crippen LogP contribution in [0.3, 0.4) is 0 Å². The van der Waals surface area contributed by atoms with E-state index in [1.165, 1.54) is 11.1 Å². The second-order valence-electron chi connectivity index (χ2n) is 9.82. The van der Waals surface area contributed by atoms with Crippen molar-refractivity contribution in [1.82, 2.24) is 0 Å². The molecule has 2 nitrogen and oxygen atoms in total. The van der Waals surface area contributed by atoms with Crippen LogP contribution in [0.5, 0.6) is 5.75 Å². The molecule has 1 aliphatic rings. The third-order valence-corrected chi connectivity index (χ3v) is 5.92. The number of carbonyl (C=O) groups is 1. The average Bonchev–Trinajstić information content (AvgIpc) is 2.87. The van der Waals surface area contributed by atoms with E-state index in [1.54, 1.807) is 0 Å². The Hall–Kier alpha value is -2.09. The Morgan fingerprint density at radius 3 is 1.96 bits per heavy atom. The van der Waals surface area contributed by atoms with E-state index in [-0.39, 0.29) is 16.8 Å². The molecule has 1 atom stereocenters. The van der Waals surface area contributed by atoms with Crippen molar-refractivity contribution in [2.24, 2.45) is 0 Å². The van der Waals surface area contributed by atoms with Crippen molar-refractivity contribution in [3.63, 3.8) is 0 Å². The molecule has 0 aliphatic carbocycles. The molecular weight excluding hydrogens is 332 g/mol. The number of rotatable bonds is 2. The van der Waals surface area contributed by atoms with E-state index >= 15 is 0 Å². The number of fused-ring (bicyclic) bond motifs is 1. The summed E-state index contributed by atoms with van der Waals surface area (Å²) in [5, 5.41) is 0. The smallest absolute Gasteiger partial charge is 0.326 e. The zero-order valence-corrected chi connectivity index (χ0v) is 18.0. The van der Waals surface area contributed by atoms with Crippen LogP contribution in [0.4, 0.5) is 0 Å². The summed E-state index contributed by atoms with van der Waals surface area (Å²) < 4.78 is 6.04. The molecule has 0 radical (unpaired) electrons. The largest absolute Gasteiger partial charge is 0.425 e. The van der Waals surface area contributed by atoms with Crippen LogP contribution in [-0.2, 0) is 21.0 Å². The van der Waals surface area contributed by atoms with Gasteiger partial charge in [0, 0.05) is 11.1 Å². The second kappa shape index (κ2) is 6.22. The minimum Gasteiger partial charge on any atom is -0.425 e. The van der Waals surface area contributed by atoms with Gasteiger partial charge in [0.1, 0.15) is 11.2 Å². The Bertz CT molecular complexity index is 879. The highest BCUT2D eigenvalue weighted by Crippen LogP contribution is 2.53. The van der Waals surface area contributed by atoms with Gasteiger partial charge in [0.25, 0.3) is 0 Å². The third-order valence-electron chi connectivity index (χ3n) is 5.92. The van der Waals surface area contributed by atoms with Gasteiger partial charge in [-0.3, -0.25) is 4.79 Å². The van der Waals surface area contributed by atoms with Gasteiger partial charge in [0.2, 0.25) is 0 Å². The number of carbonyl (C=O) groups excluding carboxylic acids is 1. The molecule has 1 unspecified atom stereocenters. The van der Waals surface area contributed by atoms with E-state index in [0.29, 0.717) is 6.42 Å². The van der Waals surface area contributed by atoms with Crippen LogP contribution in [0.2, 0.25) is 0 Å². The first-order valence-corrected chi connectivity index (χ1v) is 9.91. The molecule has 0 amide bonds. The van der Waals surface area contributed by atoms with Crippen LogP contribution in [0.15, 0.2) is 36.4 Å². The highest BCUT2D eigenvalue weighted by atomic mass is 16.5. The molecule has 0 N–H and O–H groups in total. The fourth-order valence-electron chi connectivity index (χ4n) is 4.51. The average molecular weight is 365 g/mol.